The number of nitrogens with zero attached hydrogens (tertiary/aromatic N) is 1. The molecule has 1 aromatic carbocycles. The molecule has 0 aromatic heterocycles. The molecule has 0 bridgehead atoms. The summed E-state index contributed by atoms with van der Waals surface area (Å²) < 4.78 is 0. The summed E-state index contributed by atoms with van der Waals surface area (Å²) in [7, 11) is 0. The van der Waals surface area contributed by atoms with Crippen LogP contribution in [0.5, 0.6) is 0 Å². The van der Waals surface area contributed by atoms with E-state index in [0.717, 1.165) is 5.56 Å². The third-order valence-electron chi connectivity index (χ3n) is 2.48. The summed E-state index contributed by atoms with van der Waals surface area (Å²) in [4.78, 5) is 13.3. The minimum Gasteiger partial charge on any atom is -0.335 e. The molecule has 0 radical (unpaired) electrons. The zero-order valence-electron chi connectivity index (χ0n) is 10.5. The molecule has 2 nitrogen and oxygen atoms in total. The van der Waals surface area contributed by atoms with Gasteiger partial charge in [-0.15, -0.1) is 0 Å². The van der Waals surface area contributed by atoms with Gasteiger partial charge in [0.15, 0.2) is 0 Å². The number of hydrogen-bond donors (Lipinski definition) is 0. The molecule has 0 spiro atoms. The van der Waals surface area contributed by atoms with Gasteiger partial charge >= 0.3 is 0 Å². The Balaban J connectivity index is 2.77. The van der Waals surface area contributed by atoms with Gasteiger partial charge in [0.1, 0.15) is 0 Å². The molecule has 0 saturated carbocycles. The first-order chi connectivity index (χ1) is 8.00. The fourth-order valence-corrected chi connectivity index (χ4v) is 1.62. The molecular weight excluding hydrogens is 234 g/mol. The number of rotatable bonds is 4. The molecule has 1 amide bonds. The van der Waals surface area contributed by atoms with Crippen LogP contribution in [-0.2, 0) is 11.3 Å². The molecule has 0 N–H and O–H groups in total. The number of carbonyl (C=O) groups excluding carboxylic acids is 1. The first kappa shape index (κ1) is 13.8. The van der Waals surface area contributed by atoms with E-state index in [1.165, 1.54) is 5.57 Å². The van der Waals surface area contributed by atoms with Crippen LogP contribution in [0.15, 0.2) is 35.9 Å². The van der Waals surface area contributed by atoms with E-state index in [-0.39, 0.29) is 5.91 Å². The van der Waals surface area contributed by atoms with Gasteiger partial charge in [-0.1, -0.05) is 41.4 Å². The van der Waals surface area contributed by atoms with Crippen LogP contribution in [0.25, 0.3) is 0 Å². The van der Waals surface area contributed by atoms with Crippen molar-refractivity contribution in [2.24, 2.45) is 0 Å². The maximum atomic E-state index is 11.5. The lowest BCUT2D eigenvalue weighted by molar-refractivity contribution is -0.128. The standard InChI is InChI=1S/C14H18ClNO/c1-11(2)8-9-16(12(3)17)10-13-6-4-5-7-14(13)15/h4-8H,9-10H2,1-3H3. The topological polar surface area (TPSA) is 20.3 Å². The SMILES string of the molecule is CC(=O)N(CC=C(C)C)Cc1ccccc1Cl. The van der Waals surface area contributed by atoms with Crippen molar-refractivity contribution >= 4 is 17.5 Å². The van der Waals surface area contributed by atoms with E-state index in [9.17, 15) is 4.79 Å². The fraction of sp³-hybridized carbons (Fsp3) is 0.357. The van der Waals surface area contributed by atoms with Crippen LogP contribution in [0.3, 0.4) is 0 Å². The van der Waals surface area contributed by atoms with Crippen LogP contribution in [-0.4, -0.2) is 17.4 Å². The zero-order valence-corrected chi connectivity index (χ0v) is 11.3. The first-order valence-corrected chi connectivity index (χ1v) is 6.00. The smallest absolute Gasteiger partial charge is 0.220 e. The maximum Gasteiger partial charge on any atom is 0.220 e. The minimum absolute atomic E-state index is 0.0578. The molecule has 0 atom stereocenters. The number of benzene rings is 1. The van der Waals surface area contributed by atoms with Crippen LogP contribution in [0, 0.1) is 0 Å². The minimum atomic E-state index is 0.0578. The van der Waals surface area contributed by atoms with Crippen molar-refractivity contribution in [2.45, 2.75) is 27.3 Å². The van der Waals surface area contributed by atoms with Crippen molar-refractivity contribution in [1.29, 1.82) is 0 Å². The maximum absolute atomic E-state index is 11.5. The Bertz CT molecular complexity index is 422. The van der Waals surface area contributed by atoms with Crippen molar-refractivity contribution in [1.82, 2.24) is 4.90 Å². The highest BCUT2D eigenvalue weighted by Gasteiger charge is 2.09. The fourth-order valence-electron chi connectivity index (χ4n) is 1.43. The summed E-state index contributed by atoms with van der Waals surface area (Å²) in [6.45, 7) is 6.80. The van der Waals surface area contributed by atoms with Crippen LogP contribution in [0.4, 0.5) is 0 Å². The number of amides is 1. The van der Waals surface area contributed by atoms with Gasteiger partial charge in [0.2, 0.25) is 5.91 Å². The van der Waals surface area contributed by atoms with Crippen LogP contribution < -0.4 is 0 Å². The third kappa shape index (κ3) is 4.61. The van der Waals surface area contributed by atoms with Gasteiger partial charge in [-0.25, -0.2) is 0 Å². The Labute approximate surface area is 108 Å². The molecule has 92 valence electrons. The van der Waals surface area contributed by atoms with Crippen LogP contribution >= 0.6 is 11.6 Å². The van der Waals surface area contributed by atoms with E-state index in [0.29, 0.717) is 18.1 Å². The molecular formula is C14H18ClNO. The molecule has 0 unspecified atom stereocenters. The molecule has 1 rings (SSSR count). The van der Waals surface area contributed by atoms with Crippen molar-refractivity contribution < 1.29 is 4.79 Å². The lowest BCUT2D eigenvalue weighted by atomic mass is 10.2. The molecule has 0 fully saturated rings. The highest BCUT2D eigenvalue weighted by Crippen LogP contribution is 2.17. The summed E-state index contributed by atoms with van der Waals surface area (Å²) in [5.41, 5.74) is 2.18. The monoisotopic (exact) mass is 251 g/mol. The van der Waals surface area contributed by atoms with Gasteiger partial charge in [-0.05, 0) is 25.5 Å². The van der Waals surface area contributed by atoms with Gasteiger partial charge in [0.05, 0.1) is 0 Å². The Hall–Kier alpha value is -1.28. The molecule has 17 heavy (non-hydrogen) atoms. The number of halogens is 1. The van der Waals surface area contributed by atoms with E-state index < -0.39 is 0 Å². The molecule has 0 saturated heterocycles. The van der Waals surface area contributed by atoms with Crippen molar-refractivity contribution in [3.63, 3.8) is 0 Å². The Morgan fingerprint density at radius 2 is 1.94 bits per heavy atom. The number of carbonyl (C=O) groups is 1. The van der Waals surface area contributed by atoms with E-state index in [4.69, 9.17) is 11.6 Å². The van der Waals surface area contributed by atoms with E-state index in [1.54, 1.807) is 11.8 Å². The largest absolute Gasteiger partial charge is 0.335 e. The predicted molar refractivity (Wildman–Crippen MR) is 72.0 cm³/mol. The average Bonchev–Trinajstić information content (AvgIpc) is 2.25. The van der Waals surface area contributed by atoms with Gasteiger partial charge in [-0.2, -0.15) is 0 Å². The Morgan fingerprint density at radius 1 is 1.29 bits per heavy atom. The second-order valence-electron chi connectivity index (χ2n) is 4.27. The van der Waals surface area contributed by atoms with Gasteiger partial charge in [-0.3, -0.25) is 4.79 Å². The Morgan fingerprint density at radius 3 is 2.47 bits per heavy atom. The summed E-state index contributed by atoms with van der Waals surface area (Å²) in [5.74, 6) is 0.0578. The van der Waals surface area contributed by atoms with Crippen molar-refractivity contribution in [2.75, 3.05) is 6.54 Å². The zero-order chi connectivity index (χ0) is 12.8. The van der Waals surface area contributed by atoms with E-state index in [2.05, 4.69) is 0 Å². The van der Waals surface area contributed by atoms with E-state index in [1.807, 2.05) is 44.2 Å². The van der Waals surface area contributed by atoms with Crippen LogP contribution in [0.1, 0.15) is 26.3 Å². The predicted octanol–water partition coefficient (Wildman–Crippen LogP) is 3.65. The van der Waals surface area contributed by atoms with E-state index >= 15 is 0 Å². The molecule has 1 aromatic rings. The van der Waals surface area contributed by atoms with Crippen molar-refractivity contribution in [3.05, 3.63) is 46.5 Å². The lowest BCUT2D eigenvalue weighted by Gasteiger charge is -2.20. The molecule has 3 heteroatoms. The van der Waals surface area contributed by atoms with Gasteiger partial charge in [0.25, 0.3) is 0 Å². The average molecular weight is 252 g/mol. The quantitative estimate of drug-likeness (QED) is 0.748. The highest BCUT2D eigenvalue weighted by atomic mass is 35.5. The summed E-state index contributed by atoms with van der Waals surface area (Å²) in [6, 6.07) is 7.61. The third-order valence-corrected chi connectivity index (χ3v) is 2.85. The number of allylic oxidation sites excluding steroid dienone is 1. The van der Waals surface area contributed by atoms with Crippen molar-refractivity contribution in [3.8, 4) is 0 Å². The molecule has 0 heterocycles. The Kier molecular flexibility index (Phi) is 5.23. The summed E-state index contributed by atoms with van der Waals surface area (Å²) in [5, 5.41) is 0.705. The van der Waals surface area contributed by atoms with Gasteiger partial charge < -0.3 is 4.90 Å². The van der Waals surface area contributed by atoms with Gasteiger partial charge in [0, 0.05) is 25.0 Å². The molecule has 0 aliphatic heterocycles. The lowest BCUT2D eigenvalue weighted by Crippen LogP contribution is -2.28. The summed E-state index contributed by atoms with van der Waals surface area (Å²) in [6.07, 6.45) is 2.04. The summed E-state index contributed by atoms with van der Waals surface area (Å²) >= 11 is 6.08. The number of hydrogen-bond acceptors (Lipinski definition) is 1. The second kappa shape index (κ2) is 6.45. The van der Waals surface area contributed by atoms with Crippen LogP contribution in [0.2, 0.25) is 5.02 Å². The molecule has 0 aliphatic rings. The molecule has 0 aliphatic carbocycles. The highest BCUT2D eigenvalue weighted by molar-refractivity contribution is 6.31. The first-order valence-electron chi connectivity index (χ1n) is 5.63. The normalized spacial score (nSPS) is 9.88. The second-order valence-corrected chi connectivity index (χ2v) is 4.68.